The molecule has 0 unspecified atom stereocenters. The molecule has 0 aliphatic heterocycles. The monoisotopic (exact) mass is 286 g/mol. The minimum atomic E-state index is -5.26. The Morgan fingerprint density at radius 2 is 2.00 bits per heavy atom. The fourth-order valence-electron chi connectivity index (χ4n) is 1.15. The minimum Gasteiger partial charge on any atom is -0.366 e. The number of carbonyl (C=O) groups excluding carboxylic acids is 1. The fourth-order valence-corrected chi connectivity index (χ4v) is 1.15. The van der Waals surface area contributed by atoms with Crippen LogP contribution in [0.1, 0.15) is 22.3 Å². The summed E-state index contributed by atoms with van der Waals surface area (Å²) < 4.78 is 64.0. The van der Waals surface area contributed by atoms with Gasteiger partial charge in [0.2, 0.25) is 0 Å². The Hall–Kier alpha value is -2.33. The number of hydrogen-bond acceptors (Lipinski definition) is 5. The van der Waals surface area contributed by atoms with Crippen LogP contribution in [-0.2, 0) is 0 Å². The van der Waals surface area contributed by atoms with Crippen molar-refractivity contribution in [2.45, 2.75) is 12.8 Å². The van der Waals surface area contributed by atoms with E-state index in [1.807, 2.05) is 0 Å². The quantitative estimate of drug-likeness (QED) is 0.368. The molecule has 1 aromatic rings. The summed E-state index contributed by atoms with van der Waals surface area (Å²) in [4.78, 5) is 22.4. The zero-order valence-corrected chi connectivity index (χ0v) is 8.65. The van der Waals surface area contributed by atoms with Gasteiger partial charge >= 0.3 is 18.1 Å². The van der Waals surface area contributed by atoms with Crippen molar-refractivity contribution in [3.05, 3.63) is 27.3 Å². The van der Waals surface area contributed by atoms with Crippen molar-refractivity contribution < 1.29 is 36.4 Å². The Kier molecular flexibility index (Phi) is 3.97. The number of nitro groups is 1. The smallest absolute Gasteiger partial charge is 0.366 e. The molecule has 0 bridgehead atoms. The predicted octanol–water partition coefficient (Wildman–Crippen LogP) is 2.64. The Bertz CT molecular complexity index is 517. The van der Waals surface area contributed by atoms with Gasteiger partial charge in [-0.25, -0.2) is 8.78 Å². The first kappa shape index (κ1) is 14.7. The molecular formula is C8H3F5N2O4. The van der Waals surface area contributed by atoms with Gasteiger partial charge in [-0.05, 0) is 4.92 Å². The predicted molar refractivity (Wildman–Crippen MR) is 47.9 cm³/mol. The van der Waals surface area contributed by atoms with Gasteiger partial charge < -0.3 is 14.9 Å². The van der Waals surface area contributed by atoms with E-state index in [1.165, 1.54) is 0 Å². The van der Waals surface area contributed by atoms with E-state index in [9.17, 15) is 36.9 Å². The van der Waals surface area contributed by atoms with Gasteiger partial charge in [0.15, 0.2) is 6.29 Å². The van der Waals surface area contributed by atoms with Crippen molar-refractivity contribution in [2.75, 3.05) is 0 Å². The minimum absolute atomic E-state index is 0.120. The number of alkyl halides is 5. The average Bonchev–Trinajstić information content (AvgIpc) is 2.25. The molecule has 1 heterocycles. The molecule has 0 amide bonds. The number of nitrogens with zero attached hydrogens (tertiary/aromatic N) is 2. The highest BCUT2D eigenvalue weighted by Gasteiger charge is 2.36. The molecule has 11 heteroatoms. The van der Waals surface area contributed by atoms with E-state index >= 15 is 0 Å². The number of carbonyl (C=O) groups is 1. The maximum Gasteiger partial charge on any atom is 0.575 e. The third-order valence-corrected chi connectivity index (χ3v) is 1.79. The number of hydrogen-bond donors (Lipinski definition) is 0. The molecule has 0 aromatic carbocycles. The highest BCUT2D eigenvalue weighted by atomic mass is 19.4. The number of rotatable bonds is 4. The van der Waals surface area contributed by atoms with Crippen LogP contribution in [0.15, 0.2) is 6.07 Å². The molecule has 0 fully saturated rings. The second-order valence-electron chi connectivity index (χ2n) is 3.01. The normalized spacial score (nSPS) is 11.5. The largest absolute Gasteiger partial charge is 0.575 e. The number of ether oxygens (including phenoxy) is 1. The van der Waals surface area contributed by atoms with Gasteiger partial charge in [-0.1, -0.05) is 0 Å². The molecule has 0 N–H and O–H groups in total. The molecule has 0 spiro atoms. The first-order chi connectivity index (χ1) is 8.65. The zero-order chi connectivity index (χ0) is 14.8. The first-order valence-electron chi connectivity index (χ1n) is 4.34. The van der Waals surface area contributed by atoms with Gasteiger partial charge in [0, 0.05) is 16.6 Å². The van der Waals surface area contributed by atoms with Gasteiger partial charge in [-0.3, -0.25) is 4.79 Å². The molecule has 1 rings (SSSR count). The lowest BCUT2D eigenvalue weighted by molar-refractivity contribution is -0.390. The van der Waals surface area contributed by atoms with Crippen LogP contribution in [0.25, 0.3) is 0 Å². The second kappa shape index (κ2) is 5.12. The molecule has 0 saturated carbocycles. The van der Waals surface area contributed by atoms with Crippen LogP contribution >= 0.6 is 0 Å². The molecule has 0 radical (unpaired) electrons. The van der Waals surface area contributed by atoms with Crippen molar-refractivity contribution in [1.29, 1.82) is 0 Å². The third-order valence-electron chi connectivity index (χ3n) is 1.79. The molecule has 0 saturated heterocycles. The third kappa shape index (κ3) is 3.56. The summed E-state index contributed by atoms with van der Waals surface area (Å²) in [5.74, 6) is -2.88. The van der Waals surface area contributed by atoms with Crippen LogP contribution in [0.5, 0.6) is 5.88 Å². The molecule has 19 heavy (non-hydrogen) atoms. The maximum absolute atomic E-state index is 12.5. The van der Waals surface area contributed by atoms with E-state index in [0.717, 1.165) is 0 Å². The van der Waals surface area contributed by atoms with Crippen molar-refractivity contribution in [3.63, 3.8) is 0 Å². The van der Waals surface area contributed by atoms with Gasteiger partial charge in [0.05, 0.1) is 0 Å². The first-order valence-corrected chi connectivity index (χ1v) is 4.34. The molecule has 1 aromatic heterocycles. The van der Waals surface area contributed by atoms with Crippen molar-refractivity contribution in [2.24, 2.45) is 0 Å². The van der Waals surface area contributed by atoms with Crippen molar-refractivity contribution in [3.8, 4) is 5.88 Å². The Labute approximate surface area is 101 Å². The SMILES string of the molecule is O=Cc1c(C(F)F)cc(OC(F)(F)F)nc1[N+](=O)[O-]. The lowest BCUT2D eigenvalue weighted by Gasteiger charge is -2.08. The molecule has 0 aliphatic carbocycles. The van der Waals surface area contributed by atoms with E-state index < -0.39 is 40.5 Å². The Balaban J connectivity index is 3.45. The number of pyridine rings is 1. The van der Waals surface area contributed by atoms with E-state index in [1.54, 1.807) is 0 Å². The van der Waals surface area contributed by atoms with E-state index in [2.05, 4.69) is 9.72 Å². The lowest BCUT2D eigenvalue weighted by atomic mass is 10.1. The van der Waals surface area contributed by atoms with E-state index in [4.69, 9.17) is 0 Å². The van der Waals surface area contributed by atoms with Crippen LogP contribution in [-0.4, -0.2) is 22.6 Å². The lowest BCUT2D eigenvalue weighted by Crippen LogP contribution is -2.19. The van der Waals surface area contributed by atoms with Crippen LogP contribution in [0.4, 0.5) is 27.8 Å². The summed E-state index contributed by atoms with van der Waals surface area (Å²) in [5, 5.41) is 10.5. The zero-order valence-electron chi connectivity index (χ0n) is 8.65. The van der Waals surface area contributed by atoms with Crippen LogP contribution < -0.4 is 4.74 Å². The fraction of sp³-hybridized carbons (Fsp3) is 0.250. The standard InChI is InChI=1S/C8H3F5N2O4/c9-6(10)3-1-5(19-8(11,12)13)14-7(15(17)18)4(3)2-16/h1-2,6H. The second-order valence-corrected chi connectivity index (χ2v) is 3.01. The maximum atomic E-state index is 12.5. The Morgan fingerprint density at radius 1 is 1.42 bits per heavy atom. The van der Waals surface area contributed by atoms with E-state index in [-0.39, 0.29) is 12.4 Å². The van der Waals surface area contributed by atoms with Gasteiger partial charge in [0.25, 0.3) is 6.43 Å². The summed E-state index contributed by atoms with van der Waals surface area (Å²) in [6.45, 7) is 0. The summed E-state index contributed by atoms with van der Waals surface area (Å²) in [5.41, 5.74) is -2.37. The molecule has 6 nitrogen and oxygen atoms in total. The molecule has 0 atom stereocenters. The van der Waals surface area contributed by atoms with Crippen LogP contribution in [0, 0.1) is 10.1 Å². The van der Waals surface area contributed by atoms with Gasteiger partial charge in [-0.2, -0.15) is 0 Å². The number of halogens is 5. The van der Waals surface area contributed by atoms with Crippen LogP contribution in [0.3, 0.4) is 0 Å². The van der Waals surface area contributed by atoms with Crippen molar-refractivity contribution >= 4 is 12.1 Å². The Morgan fingerprint density at radius 3 is 2.37 bits per heavy atom. The van der Waals surface area contributed by atoms with Crippen molar-refractivity contribution in [1.82, 2.24) is 4.98 Å². The van der Waals surface area contributed by atoms with Gasteiger partial charge in [-0.15, -0.1) is 13.2 Å². The summed E-state index contributed by atoms with van der Waals surface area (Å²) >= 11 is 0. The highest BCUT2D eigenvalue weighted by Crippen LogP contribution is 2.32. The molecule has 104 valence electrons. The number of aldehydes is 1. The summed E-state index contributed by atoms with van der Waals surface area (Å²) in [7, 11) is 0. The molecular weight excluding hydrogens is 283 g/mol. The van der Waals surface area contributed by atoms with Crippen LogP contribution in [0.2, 0.25) is 0 Å². The van der Waals surface area contributed by atoms with E-state index in [0.29, 0.717) is 0 Å². The average molecular weight is 286 g/mol. The van der Waals surface area contributed by atoms with Gasteiger partial charge in [0.1, 0.15) is 5.56 Å². The molecule has 0 aliphatic rings. The number of aromatic nitrogens is 1. The highest BCUT2D eigenvalue weighted by molar-refractivity contribution is 5.82. The summed E-state index contributed by atoms with van der Waals surface area (Å²) in [6.07, 6.45) is -8.95. The topological polar surface area (TPSA) is 82.3 Å². The summed E-state index contributed by atoms with van der Waals surface area (Å²) in [6, 6.07) is 0.120.